The maximum Gasteiger partial charge on any atom is 0.146 e. The van der Waals surface area contributed by atoms with E-state index in [2.05, 4.69) is 19.0 Å². The van der Waals surface area contributed by atoms with Gasteiger partial charge < -0.3 is 9.26 Å². The molecule has 0 fully saturated rings. The van der Waals surface area contributed by atoms with Crippen LogP contribution in [0.1, 0.15) is 31.1 Å². The summed E-state index contributed by atoms with van der Waals surface area (Å²) < 4.78 is 11.6. The van der Waals surface area contributed by atoms with Gasteiger partial charge in [-0.25, -0.2) is 0 Å². The molecule has 1 aromatic heterocycles. The van der Waals surface area contributed by atoms with Gasteiger partial charge in [-0.3, -0.25) is 0 Å². The Morgan fingerprint density at radius 3 is 2.44 bits per heavy atom. The number of nitrogens with zero attached hydrogens (tertiary/aromatic N) is 1. The van der Waals surface area contributed by atoms with Crippen molar-refractivity contribution >= 4 is 36.5 Å². The van der Waals surface area contributed by atoms with Crippen molar-refractivity contribution in [3.63, 3.8) is 0 Å². The summed E-state index contributed by atoms with van der Waals surface area (Å²) in [5.74, 6) is 1.74. The monoisotopic (exact) mass is 373 g/mol. The molecule has 3 nitrogen and oxygen atoms in total. The standard InChI is InChI=1S/C19H18BCl2NO2/c1-11(2)19-14(10-24-13-6-3-5-12(20)9-13)18(23-25-19)17-15(21)7-4-8-16(17)22/h3-9,11H,10,20H2,1-2H3. The number of benzene rings is 2. The molecule has 0 bridgehead atoms. The molecule has 0 amide bonds. The molecule has 0 N–H and O–H groups in total. The second-order valence-corrected chi connectivity index (χ2v) is 7.04. The van der Waals surface area contributed by atoms with Crippen molar-refractivity contribution < 1.29 is 9.26 Å². The van der Waals surface area contributed by atoms with Crippen LogP contribution in [0.5, 0.6) is 5.75 Å². The zero-order valence-corrected chi connectivity index (χ0v) is 15.9. The van der Waals surface area contributed by atoms with Crippen molar-refractivity contribution in [2.75, 3.05) is 0 Å². The third-order valence-corrected chi connectivity index (χ3v) is 4.55. The van der Waals surface area contributed by atoms with Crippen molar-refractivity contribution in [2.45, 2.75) is 26.4 Å². The van der Waals surface area contributed by atoms with E-state index in [9.17, 15) is 0 Å². The lowest BCUT2D eigenvalue weighted by Crippen LogP contribution is -2.05. The number of halogens is 2. The van der Waals surface area contributed by atoms with Crippen LogP contribution in [0.15, 0.2) is 47.0 Å². The first-order valence-corrected chi connectivity index (χ1v) is 8.85. The maximum absolute atomic E-state index is 6.36. The highest BCUT2D eigenvalue weighted by Gasteiger charge is 2.23. The SMILES string of the molecule is Bc1cccc(OCc2c(-c3c(Cl)cccc3Cl)noc2C(C)C)c1. The van der Waals surface area contributed by atoms with Gasteiger partial charge in [0.05, 0.1) is 15.6 Å². The van der Waals surface area contributed by atoms with Crippen molar-refractivity contribution in [3.05, 3.63) is 63.8 Å². The van der Waals surface area contributed by atoms with E-state index in [1.165, 1.54) is 0 Å². The molecular weight excluding hydrogens is 356 g/mol. The molecule has 0 radical (unpaired) electrons. The summed E-state index contributed by atoms with van der Waals surface area (Å²) in [5.41, 5.74) is 3.31. The molecule has 128 valence electrons. The van der Waals surface area contributed by atoms with Crippen LogP contribution in [-0.4, -0.2) is 13.0 Å². The van der Waals surface area contributed by atoms with E-state index in [1.807, 2.05) is 32.1 Å². The summed E-state index contributed by atoms with van der Waals surface area (Å²) in [6.07, 6.45) is 0. The Kier molecular flexibility index (Phi) is 5.40. The fraction of sp³-hybridized carbons (Fsp3) is 0.211. The normalized spacial score (nSPS) is 11.1. The van der Waals surface area contributed by atoms with Crippen LogP contribution in [0.4, 0.5) is 0 Å². The summed E-state index contributed by atoms with van der Waals surface area (Å²) in [7, 11) is 2.03. The Balaban J connectivity index is 2.01. The summed E-state index contributed by atoms with van der Waals surface area (Å²) in [6.45, 7) is 4.43. The van der Waals surface area contributed by atoms with Gasteiger partial charge in [-0.15, -0.1) is 0 Å². The Labute approximate surface area is 158 Å². The molecule has 1 heterocycles. The number of aromatic nitrogens is 1. The third-order valence-electron chi connectivity index (χ3n) is 3.92. The quantitative estimate of drug-likeness (QED) is 0.612. The van der Waals surface area contributed by atoms with E-state index < -0.39 is 0 Å². The number of rotatable bonds is 5. The summed E-state index contributed by atoms with van der Waals surface area (Å²) in [5, 5.41) is 5.31. The van der Waals surface area contributed by atoms with Gasteiger partial charge in [0.25, 0.3) is 0 Å². The molecule has 0 saturated heterocycles. The van der Waals surface area contributed by atoms with Crippen molar-refractivity contribution in [3.8, 4) is 17.0 Å². The molecule has 0 unspecified atom stereocenters. The zero-order valence-electron chi connectivity index (χ0n) is 14.3. The van der Waals surface area contributed by atoms with Gasteiger partial charge in [0.1, 0.15) is 31.7 Å². The van der Waals surface area contributed by atoms with E-state index in [-0.39, 0.29) is 5.92 Å². The third kappa shape index (κ3) is 3.86. The van der Waals surface area contributed by atoms with E-state index in [1.54, 1.807) is 18.2 Å². The second kappa shape index (κ2) is 7.55. The molecule has 6 heteroatoms. The van der Waals surface area contributed by atoms with Gasteiger partial charge in [0.2, 0.25) is 0 Å². The average molecular weight is 374 g/mol. The minimum atomic E-state index is 0.165. The Morgan fingerprint density at radius 1 is 1.12 bits per heavy atom. The fourth-order valence-electron chi connectivity index (χ4n) is 2.70. The number of ether oxygens (including phenoxy) is 1. The Hall–Kier alpha value is -1.91. The first-order valence-electron chi connectivity index (χ1n) is 8.09. The van der Waals surface area contributed by atoms with Crippen LogP contribution in [0.25, 0.3) is 11.3 Å². The predicted octanol–water partition coefficient (Wildman–Crippen LogP) is 4.61. The molecule has 2 aromatic carbocycles. The first kappa shape index (κ1) is 17.9. The fourth-order valence-corrected chi connectivity index (χ4v) is 3.27. The van der Waals surface area contributed by atoms with E-state index in [0.29, 0.717) is 27.9 Å². The molecule has 0 spiro atoms. The average Bonchev–Trinajstić information content (AvgIpc) is 2.97. The van der Waals surface area contributed by atoms with E-state index in [4.69, 9.17) is 32.5 Å². The molecule has 0 atom stereocenters. The van der Waals surface area contributed by atoms with Crippen LogP contribution in [0, 0.1) is 0 Å². The molecular formula is C19H18BCl2NO2. The summed E-state index contributed by atoms with van der Waals surface area (Å²) in [6, 6.07) is 13.3. The van der Waals surface area contributed by atoms with Crippen LogP contribution in [0.3, 0.4) is 0 Å². The van der Waals surface area contributed by atoms with Crippen LogP contribution in [-0.2, 0) is 6.61 Å². The largest absolute Gasteiger partial charge is 0.489 e. The highest BCUT2D eigenvalue weighted by atomic mass is 35.5. The lowest BCUT2D eigenvalue weighted by molar-refractivity contribution is 0.298. The highest BCUT2D eigenvalue weighted by Crippen LogP contribution is 2.38. The van der Waals surface area contributed by atoms with Gasteiger partial charge in [-0.2, -0.15) is 0 Å². The zero-order chi connectivity index (χ0) is 18.0. The number of hydrogen-bond acceptors (Lipinski definition) is 3. The summed E-state index contributed by atoms with van der Waals surface area (Å²) >= 11 is 12.7. The molecule has 25 heavy (non-hydrogen) atoms. The molecule has 0 aliphatic carbocycles. The van der Waals surface area contributed by atoms with Crippen LogP contribution in [0.2, 0.25) is 10.0 Å². The minimum Gasteiger partial charge on any atom is -0.489 e. The van der Waals surface area contributed by atoms with Gasteiger partial charge in [-0.05, 0) is 24.3 Å². The van der Waals surface area contributed by atoms with Gasteiger partial charge >= 0.3 is 0 Å². The van der Waals surface area contributed by atoms with Crippen LogP contribution < -0.4 is 10.2 Å². The minimum absolute atomic E-state index is 0.165. The predicted molar refractivity (Wildman–Crippen MR) is 105 cm³/mol. The Bertz CT molecular complexity index is 873. The molecule has 3 aromatic rings. The lowest BCUT2D eigenvalue weighted by Gasteiger charge is -2.11. The molecule has 3 rings (SSSR count). The Morgan fingerprint density at radius 2 is 1.80 bits per heavy atom. The van der Waals surface area contributed by atoms with E-state index >= 15 is 0 Å². The molecule has 0 aliphatic heterocycles. The first-order chi connectivity index (χ1) is 12.0. The van der Waals surface area contributed by atoms with E-state index in [0.717, 1.165) is 22.5 Å². The van der Waals surface area contributed by atoms with Gasteiger partial charge in [-0.1, -0.05) is 65.9 Å². The second-order valence-electron chi connectivity index (χ2n) is 6.23. The maximum atomic E-state index is 6.36. The highest BCUT2D eigenvalue weighted by molar-refractivity contribution is 6.39. The van der Waals surface area contributed by atoms with Crippen molar-refractivity contribution in [1.29, 1.82) is 0 Å². The number of hydrogen-bond donors (Lipinski definition) is 0. The molecule has 0 aliphatic rings. The van der Waals surface area contributed by atoms with Gasteiger partial charge in [0.15, 0.2) is 0 Å². The van der Waals surface area contributed by atoms with Crippen LogP contribution >= 0.6 is 23.2 Å². The van der Waals surface area contributed by atoms with Crippen molar-refractivity contribution in [2.24, 2.45) is 0 Å². The summed E-state index contributed by atoms with van der Waals surface area (Å²) in [4.78, 5) is 0. The lowest BCUT2D eigenvalue weighted by atomic mass is 9.96. The smallest absolute Gasteiger partial charge is 0.146 e. The van der Waals surface area contributed by atoms with Crippen molar-refractivity contribution in [1.82, 2.24) is 5.16 Å². The molecule has 0 saturated carbocycles. The van der Waals surface area contributed by atoms with Gasteiger partial charge in [0, 0.05) is 11.5 Å². The topological polar surface area (TPSA) is 35.3 Å².